The molecular formula is C14H17BO7S. The standard InChI is InChI=1S/C14H17BO7S/c15-10-11-3-5-12(6-4-11)14(17)22-7-1-2-13(16)21-8-9-23(18,19)20/h3-6H,1-2,7-10H2,(H,18,19,20). The van der Waals surface area contributed by atoms with Crippen molar-refractivity contribution in [2.24, 2.45) is 0 Å². The van der Waals surface area contributed by atoms with Crippen molar-refractivity contribution in [3.63, 3.8) is 0 Å². The normalized spacial score (nSPS) is 11.0. The van der Waals surface area contributed by atoms with Crippen LogP contribution in [0.3, 0.4) is 0 Å². The van der Waals surface area contributed by atoms with Gasteiger partial charge in [0.15, 0.2) is 0 Å². The Morgan fingerprint density at radius 3 is 2.30 bits per heavy atom. The average molecular weight is 340 g/mol. The Labute approximate surface area is 136 Å². The summed E-state index contributed by atoms with van der Waals surface area (Å²) in [5, 5.41) is 0. The van der Waals surface area contributed by atoms with Gasteiger partial charge >= 0.3 is 11.9 Å². The van der Waals surface area contributed by atoms with E-state index >= 15 is 0 Å². The third-order valence-electron chi connectivity index (χ3n) is 2.79. The number of carbonyl (C=O) groups excluding carboxylic acids is 2. The number of esters is 2. The number of hydrogen-bond acceptors (Lipinski definition) is 6. The molecule has 1 aromatic carbocycles. The Balaban J connectivity index is 2.20. The fourth-order valence-corrected chi connectivity index (χ4v) is 1.87. The van der Waals surface area contributed by atoms with Gasteiger partial charge in [-0.25, -0.2) is 4.79 Å². The van der Waals surface area contributed by atoms with Crippen molar-refractivity contribution < 1.29 is 32.0 Å². The smallest absolute Gasteiger partial charge is 0.338 e. The third kappa shape index (κ3) is 8.37. The lowest BCUT2D eigenvalue weighted by Gasteiger charge is -2.06. The van der Waals surface area contributed by atoms with Crippen LogP contribution in [0.5, 0.6) is 0 Å². The van der Waals surface area contributed by atoms with Crippen molar-refractivity contribution in [2.75, 3.05) is 19.0 Å². The van der Waals surface area contributed by atoms with Crippen LogP contribution in [0.1, 0.15) is 28.8 Å². The molecular weight excluding hydrogens is 323 g/mol. The fraction of sp³-hybridized carbons (Fsp3) is 0.429. The lowest BCUT2D eigenvalue weighted by atomic mass is 9.96. The van der Waals surface area contributed by atoms with E-state index in [-0.39, 0.29) is 19.4 Å². The van der Waals surface area contributed by atoms with Crippen molar-refractivity contribution in [3.8, 4) is 0 Å². The maximum atomic E-state index is 11.7. The van der Waals surface area contributed by atoms with Crippen LogP contribution in [0.2, 0.25) is 0 Å². The Bertz CT molecular complexity index is 625. The molecule has 0 spiro atoms. The molecule has 7 nitrogen and oxygen atoms in total. The Morgan fingerprint density at radius 1 is 1.09 bits per heavy atom. The van der Waals surface area contributed by atoms with E-state index in [2.05, 4.69) is 4.74 Å². The summed E-state index contributed by atoms with van der Waals surface area (Å²) < 4.78 is 38.9. The first kappa shape index (κ1) is 19.2. The number of benzene rings is 1. The van der Waals surface area contributed by atoms with E-state index in [1.54, 1.807) is 24.3 Å². The SMILES string of the molecule is [B]Cc1ccc(C(=O)OCCCC(=O)OCCS(=O)(=O)O)cc1. The van der Waals surface area contributed by atoms with E-state index in [1.807, 2.05) is 0 Å². The van der Waals surface area contributed by atoms with Gasteiger partial charge in [-0.15, -0.1) is 0 Å². The van der Waals surface area contributed by atoms with E-state index in [0.717, 1.165) is 5.56 Å². The Hall–Kier alpha value is -1.87. The molecule has 0 heterocycles. The molecule has 23 heavy (non-hydrogen) atoms. The third-order valence-corrected chi connectivity index (χ3v) is 3.47. The maximum Gasteiger partial charge on any atom is 0.338 e. The minimum Gasteiger partial charge on any atom is -0.464 e. The summed E-state index contributed by atoms with van der Waals surface area (Å²) in [7, 11) is 1.31. The average Bonchev–Trinajstić information content (AvgIpc) is 2.50. The van der Waals surface area contributed by atoms with Crippen molar-refractivity contribution in [1.29, 1.82) is 0 Å². The summed E-state index contributed by atoms with van der Waals surface area (Å²) in [5.74, 6) is -1.78. The molecule has 0 bridgehead atoms. The molecule has 0 aromatic heterocycles. The van der Waals surface area contributed by atoms with Gasteiger partial charge in [0.1, 0.15) is 12.4 Å². The predicted molar refractivity (Wildman–Crippen MR) is 82.8 cm³/mol. The Kier molecular flexibility index (Phi) is 7.77. The molecule has 1 aromatic rings. The zero-order valence-electron chi connectivity index (χ0n) is 12.4. The minimum atomic E-state index is -4.15. The van der Waals surface area contributed by atoms with E-state index in [4.69, 9.17) is 17.1 Å². The van der Waals surface area contributed by atoms with Crippen molar-refractivity contribution in [1.82, 2.24) is 0 Å². The van der Waals surface area contributed by atoms with Crippen molar-refractivity contribution in [2.45, 2.75) is 19.2 Å². The van der Waals surface area contributed by atoms with E-state index in [1.165, 1.54) is 0 Å². The molecule has 0 saturated heterocycles. The number of hydrogen-bond donors (Lipinski definition) is 1. The lowest BCUT2D eigenvalue weighted by molar-refractivity contribution is -0.143. The van der Waals surface area contributed by atoms with E-state index in [0.29, 0.717) is 11.9 Å². The number of carbonyl (C=O) groups is 2. The highest BCUT2D eigenvalue weighted by Gasteiger charge is 2.10. The van der Waals surface area contributed by atoms with Gasteiger partial charge in [-0.05, 0) is 18.6 Å². The highest BCUT2D eigenvalue weighted by molar-refractivity contribution is 7.85. The molecule has 0 unspecified atom stereocenters. The quantitative estimate of drug-likeness (QED) is 0.305. The summed E-state index contributed by atoms with van der Waals surface area (Å²) in [6.45, 7) is -0.379. The minimum absolute atomic E-state index is 0.0229. The van der Waals surface area contributed by atoms with Crippen LogP contribution in [0.25, 0.3) is 0 Å². The highest BCUT2D eigenvalue weighted by Crippen LogP contribution is 2.06. The van der Waals surface area contributed by atoms with Gasteiger partial charge in [0, 0.05) is 6.42 Å². The molecule has 9 heteroatoms. The van der Waals surface area contributed by atoms with Gasteiger partial charge in [-0.2, -0.15) is 8.42 Å². The maximum absolute atomic E-state index is 11.7. The second-order valence-electron chi connectivity index (χ2n) is 4.65. The lowest BCUT2D eigenvalue weighted by Crippen LogP contribution is -2.15. The van der Waals surface area contributed by atoms with Crippen LogP contribution in [0.15, 0.2) is 24.3 Å². The first-order valence-electron chi connectivity index (χ1n) is 6.89. The summed E-state index contributed by atoms with van der Waals surface area (Å²) in [5.41, 5.74) is 1.28. The summed E-state index contributed by atoms with van der Waals surface area (Å²) in [6.07, 6.45) is 0.608. The topological polar surface area (TPSA) is 107 Å². The molecule has 0 fully saturated rings. The van der Waals surface area contributed by atoms with Gasteiger partial charge in [0.2, 0.25) is 0 Å². The molecule has 0 aliphatic carbocycles. The predicted octanol–water partition coefficient (Wildman–Crippen LogP) is 0.723. The molecule has 124 valence electrons. The van der Waals surface area contributed by atoms with Crippen LogP contribution in [0.4, 0.5) is 0 Å². The second kappa shape index (κ2) is 9.31. The molecule has 0 atom stereocenters. The van der Waals surface area contributed by atoms with Crippen LogP contribution in [-0.2, 0) is 30.7 Å². The Morgan fingerprint density at radius 2 is 1.74 bits per heavy atom. The molecule has 0 saturated carbocycles. The van der Waals surface area contributed by atoms with Crippen molar-refractivity contribution in [3.05, 3.63) is 35.4 Å². The first-order chi connectivity index (χ1) is 10.8. The fourth-order valence-electron chi connectivity index (χ4n) is 1.57. The van der Waals surface area contributed by atoms with Gasteiger partial charge in [0.25, 0.3) is 10.1 Å². The van der Waals surface area contributed by atoms with Crippen LogP contribution in [0, 0.1) is 0 Å². The van der Waals surface area contributed by atoms with Gasteiger partial charge in [-0.3, -0.25) is 9.35 Å². The highest BCUT2D eigenvalue weighted by atomic mass is 32.2. The van der Waals surface area contributed by atoms with E-state index in [9.17, 15) is 18.0 Å². The first-order valence-corrected chi connectivity index (χ1v) is 8.49. The second-order valence-corrected chi connectivity index (χ2v) is 6.22. The monoisotopic (exact) mass is 340 g/mol. The number of rotatable bonds is 9. The van der Waals surface area contributed by atoms with Gasteiger partial charge < -0.3 is 9.47 Å². The summed E-state index contributed by atoms with van der Waals surface area (Å²) in [4.78, 5) is 23.0. The molecule has 0 aliphatic rings. The molecule has 2 radical (unpaired) electrons. The van der Waals surface area contributed by atoms with Gasteiger partial charge in [-0.1, -0.05) is 24.0 Å². The van der Waals surface area contributed by atoms with Crippen LogP contribution >= 0.6 is 0 Å². The summed E-state index contributed by atoms with van der Waals surface area (Å²) >= 11 is 0. The number of ether oxygens (including phenoxy) is 2. The van der Waals surface area contributed by atoms with Crippen LogP contribution < -0.4 is 0 Å². The molecule has 1 rings (SSSR count). The molecule has 0 aliphatic heterocycles. The summed E-state index contributed by atoms with van der Waals surface area (Å²) in [6, 6.07) is 6.66. The molecule has 0 amide bonds. The zero-order valence-corrected chi connectivity index (χ0v) is 13.3. The largest absolute Gasteiger partial charge is 0.464 e. The van der Waals surface area contributed by atoms with E-state index < -0.39 is 34.4 Å². The molecule has 1 N–H and O–H groups in total. The van der Waals surface area contributed by atoms with Crippen molar-refractivity contribution >= 4 is 29.9 Å². The van der Waals surface area contributed by atoms with Crippen LogP contribution in [-0.4, -0.2) is 51.7 Å². The van der Waals surface area contributed by atoms with Gasteiger partial charge in [0.05, 0.1) is 20.0 Å². The zero-order chi connectivity index (χ0) is 17.3.